The summed E-state index contributed by atoms with van der Waals surface area (Å²) in [7, 11) is 0. The predicted octanol–water partition coefficient (Wildman–Crippen LogP) is 2.90. The van der Waals surface area contributed by atoms with Gasteiger partial charge in [0.05, 0.1) is 5.56 Å². The first kappa shape index (κ1) is 16.5. The fourth-order valence-corrected chi connectivity index (χ4v) is 1.95. The predicted molar refractivity (Wildman–Crippen MR) is 85.5 cm³/mol. The van der Waals surface area contributed by atoms with Crippen molar-refractivity contribution in [2.45, 2.75) is 20.0 Å². The van der Waals surface area contributed by atoms with Gasteiger partial charge in [-0.2, -0.15) is 0 Å². The minimum Gasteiger partial charge on any atom is -0.449 e. The molecule has 2 aromatic rings. The average molecular weight is 316 g/mol. The zero-order valence-corrected chi connectivity index (χ0v) is 12.8. The lowest BCUT2D eigenvalue weighted by atomic mass is 10.1. The summed E-state index contributed by atoms with van der Waals surface area (Å²) in [6, 6.07) is 10.4. The first-order valence-electron chi connectivity index (χ1n) is 7.01. The quantitative estimate of drug-likeness (QED) is 0.671. The standard InChI is InChI=1S/C17H17FN2O3/c1-10-5-3-8-14(15(10)19)17(22)23-11(2)16(21)20-13-7-4-6-12(18)9-13/h3-9,11H,19H2,1-2H3,(H,20,21)/t11-/m1/s1. The van der Waals surface area contributed by atoms with E-state index in [1.807, 2.05) is 0 Å². The normalized spacial score (nSPS) is 11.6. The van der Waals surface area contributed by atoms with Gasteiger partial charge in [-0.05, 0) is 43.7 Å². The van der Waals surface area contributed by atoms with Gasteiger partial charge in [0.2, 0.25) is 0 Å². The molecular formula is C17H17FN2O3. The molecule has 120 valence electrons. The Hall–Kier alpha value is -2.89. The molecule has 0 unspecified atom stereocenters. The van der Waals surface area contributed by atoms with Crippen molar-refractivity contribution < 1.29 is 18.7 Å². The number of esters is 1. The van der Waals surface area contributed by atoms with Crippen molar-refractivity contribution in [1.82, 2.24) is 0 Å². The van der Waals surface area contributed by atoms with Gasteiger partial charge in [-0.3, -0.25) is 4.79 Å². The van der Waals surface area contributed by atoms with E-state index in [-0.39, 0.29) is 11.3 Å². The molecule has 5 nitrogen and oxygen atoms in total. The zero-order chi connectivity index (χ0) is 17.0. The Morgan fingerprint density at radius 2 is 1.91 bits per heavy atom. The minimum atomic E-state index is -1.05. The van der Waals surface area contributed by atoms with Crippen molar-refractivity contribution in [3.8, 4) is 0 Å². The fourth-order valence-electron chi connectivity index (χ4n) is 1.95. The van der Waals surface area contributed by atoms with E-state index in [0.717, 1.165) is 5.56 Å². The maximum Gasteiger partial charge on any atom is 0.341 e. The van der Waals surface area contributed by atoms with Crippen LogP contribution >= 0.6 is 0 Å². The number of hydrogen-bond donors (Lipinski definition) is 2. The highest BCUT2D eigenvalue weighted by Gasteiger charge is 2.21. The van der Waals surface area contributed by atoms with Crippen LogP contribution in [-0.4, -0.2) is 18.0 Å². The van der Waals surface area contributed by atoms with E-state index in [9.17, 15) is 14.0 Å². The summed E-state index contributed by atoms with van der Waals surface area (Å²) in [4.78, 5) is 24.1. The molecule has 3 N–H and O–H groups in total. The van der Waals surface area contributed by atoms with Gasteiger partial charge in [0.25, 0.3) is 5.91 Å². The molecule has 0 heterocycles. The summed E-state index contributed by atoms with van der Waals surface area (Å²) < 4.78 is 18.2. The van der Waals surface area contributed by atoms with Crippen LogP contribution in [0.2, 0.25) is 0 Å². The molecule has 0 radical (unpaired) electrons. The van der Waals surface area contributed by atoms with E-state index >= 15 is 0 Å². The van der Waals surface area contributed by atoms with Gasteiger partial charge >= 0.3 is 5.97 Å². The average Bonchev–Trinajstić information content (AvgIpc) is 2.49. The van der Waals surface area contributed by atoms with E-state index in [0.29, 0.717) is 5.69 Å². The smallest absolute Gasteiger partial charge is 0.341 e. The maximum absolute atomic E-state index is 13.1. The van der Waals surface area contributed by atoms with Gasteiger partial charge in [-0.25, -0.2) is 9.18 Å². The Balaban J connectivity index is 2.03. The second-order valence-electron chi connectivity index (χ2n) is 5.08. The van der Waals surface area contributed by atoms with Crippen molar-refractivity contribution in [2.75, 3.05) is 11.1 Å². The SMILES string of the molecule is Cc1cccc(C(=O)O[C@H](C)C(=O)Nc2cccc(F)c2)c1N. The number of nitrogen functional groups attached to an aromatic ring is 1. The van der Waals surface area contributed by atoms with Crippen LogP contribution in [0.4, 0.5) is 15.8 Å². The molecule has 0 fully saturated rings. The Morgan fingerprint density at radius 3 is 2.61 bits per heavy atom. The Kier molecular flexibility index (Phi) is 4.95. The van der Waals surface area contributed by atoms with Crippen LogP contribution in [-0.2, 0) is 9.53 Å². The summed E-state index contributed by atoms with van der Waals surface area (Å²) in [6.45, 7) is 3.20. The Bertz CT molecular complexity index is 746. The van der Waals surface area contributed by atoms with Crippen LogP contribution < -0.4 is 11.1 Å². The molecule has 0 saturated heterocycles. The zero-order valence-electron chi connectivity index (χ0n) is 12.8. The van der Waals surface area contributed by atoms with Gasteiger partial charge in [-0.15, -0.1) is 0 Å². The molecule has 0 saturated carbocycles. The molecule has 0 aliphatic rings. The minimum absolute atomic E-state index is 0.204. The third-order valence-electron chi connectivity index (χ3n) is 3.29. The van der Waals surface area contributed by atoms with Crippen LogP contribution in [0.3, 0.4) is 0 Å². The van der Waals surface area contributed by atoms with Gasteiger partial charge < -0.3 is 15.8 Å². The molecule has 0 bridgehead atoms. The number of nitrogens with one attached hydrogen (secondary N) is 1. The van der Waals surface area contributed by atoms with Gasteiger partial charge in [0, 0.05) is 11.4 Å². The maximum atomic E-state index is 13.1. The van der Waals surface area contributed by atoms with E-state index in [2.05, 4.69) is 5.32 Å². The number of halogens is 1. The molecule has 0 spiro atoms. The number of nitrogens with two attached hydrogens (primary N) is 1. The molecule has 1 atom stereocenters. The number of carbonyl (C=O) groups excluding carboxylic acids is 2. The lowest BCUT2D eigenvalue weighted by molar-refractivity contribution is -0.123. The molecular weight excluding hydrogens is 299 g/mol. The Morgan fingerprint density at radius 1 is 1.22 bits per heavy atom. The third-order valence-corrected chi connectivity index (χ3v) is 3.29. The first-order chi connectivity index (χ1) is 10.9. The second-order valence-corrected chi connectivity index (χ2v) is 5.08. The van der Waals surface area contributed by atoms with Gasteiger partial charge in [-0.1, -0.05) is 18.2 Å². The second kappa shape index (κ2) is 6.91. The summed E-state index contributed by atoms with van der Waals surface area (Å²) in [5.74, 6) is -1.72. The highest BCUT2D eigenvalue weighted by Crippen LogP contribution is 2.18. The highest BCUT2D eigenvalue weighted by atomic mass is 19.1. The first-order valence-corrected chi connectivity index (χ1v) is 7.01. The van der Waals surface area contributed by atoms with Crippen molar-refractivity contribution in [1.29, 1.82) is 0 Å². The number of carbonyl (C=O) groups is 2. The topological polar surface area (TPSA) is 81.4 Å². The summed E-state index contributed by atoms with van der Waals surface area (Å²) >= 11 is 0. The Labute approximate surface area is 133 Å². The summed E-state index contributed by atoms with van der Waals surface area (Å²) in [6.07, 6.45) is -1.05. The van der Waals surface area contributed by atoms with Crippen molar-refractivity contribution in [3.05, 3.63) is 59.4 Å². The summed E-state index contributed by atoms with van der Waals surface area (Å²) in [5, 5.41) is 2.48. The molecule has 0 aliphatic carbocycles. The van der Waals surface area contributed by atoms with Crippen LogP contribution in [0, 0.1) is 12.7 Å². The summed E-state index contributed by atoms with van der Waals surface area (Å²) in [5.41, 5.74) is 7.38. The third kappa shape index (κ3) is 4.06. The van der Waals surface area contributed by atoms with E-state index < -0.39 is 23.8 Å². The number of rotatable bonds is 4. The lowest BCUT2D eigenvalue weighted by Crippen LogP contribution is -2.30. The van der Waals surface area contributed by atoms with Crippen molar-refractivity contribution in [3.63, 3.8) is 0 Å². The molecule has 6 heteroatoms. The number of para-hydroxylation sites is 1. The van der Waals surface area contributed by atoms with Gasteiger partial charge in [0.1, 0.15) is 5.82 Å². The van der Waals surface area contributed by atoms with Crippen LogP contribution in [0.1, 0.15) is 22.8 Å². The largest absolute Gasteiger partial charge is 0.449 e. The van der Waals surface area contributed by atoms with Crippen LogP contribution in [0.25, 0.3) is 0 Å². The number of ether oxygens (including phenoxy) is 1. The fraction of sp³-hybridized carbons (Fsp3) is 0.176. The lowest BCUT2D eigenvalue weighted by Gasteiger charge is -2.15. The molecule has 1 amide bonds. The number of hydrogen-bond acceptors (Lipinski definition) is 4. The van der Waals surface area contributed by atoms with Crippen LogP contribution in [0.15, 0.2) is 42.5 Å². The monoisotopic (exact) mass is 316 g/mol. The van der Waals surface area contributed by atoms with Gasteiger partial charge in [0.15, 0.2) is 6.10 Å². The number of amides is 1. The highest BCUT2D eigenvalue weighted by molar-refractivity contribution is 5.99. The van der Waals surface area contributed by atoms with E-state index in [1.54, 1.807) is 19.1 Å². The molecule has 0 aromatic heterocycles. The van der Waals surface area contributed by atoms with Crippen LogP contribution in [0.5, 0.6) is 0 Å². The molecule has 2 aromatic carbocycles. The van der Waals surface area contributed by atoms with Crippen molar-refractivity contribution in [2.24, 2.45) is 0 Å². The van der Waals surface area contributed by atoms with Crippen molar-refractivity contribution >= 4 is 23.3 Å². The number of anilines is 2. The molecule has 2 rings (SSSR count). The van der Waals surface area contributed by atoms with E-state index in [4.69, 9.17) is 10.5 Å². The number of aryl methyl sites for hydroxylation is 1. The van der Waals surface area contributed by atoms with E-state index in [1.165, 1.54) is 37.3 Å². The molecule has 23 heavy (non-hydrogen) atoms. The molecule has 0 aliphatic heterocycles. The number of benzene rings is 2.